The fourth-order valence-electron chi connectivity index (χ4n) is 1.31. The van der Waals surface area contributed by atoms with Crippen LogP contribution in [0, 0.1) is 0 Å². The molecule has 0 unspecified atom stereocenters. The topological polar surface area (TPSA) is 133 Å². The molecule has 0 saturated carbocycles. The van der Waals surface area contributed by atoms with Gasteiger partial charge in [0.25, 0.3) is 0 Å². The summed E-state index contributed by atoms with van der Waals surface area (Å²) in [7, 11) is -4.14. The highest BCUT2D eigenvalue weighted by molar-refractivity contribution is 7.50. The molecule has 0 aliphatic rings. The van der Waals surface area contributed by atoms with E-state index in [0.717, 1.165) is 0 Å². The minimum atomic E-state index is -4.14. The number of hydrogen-bond donors (Lipinski definition) is 4. The molecule has 1 aromatic carbocycles. The maximum absolute atomic E-state index is 10.9. The number of hydrogen-bond acceptors (Lipinski definition) is 3. The van der Waals surface area contributed by atoms with Crippen LogP contribution in [0.15, 0.2) is 29.3 Å². The fraction of sp³-hybridized carbons (Fsp3) is 0.200. The van der Waals surface area contributed by atoms with E-state index in [-0.39, 0.29) is 5.84 Å². The van der Waals surface area contributed by atoms with Crippen LogP contribution >= 0.6 is 7.60 Å². The number of aliphatic imine (C=N–C) groups is 1. The summed E-state index contributed by atoms with van der Waals surface area (Å²) in [5, 5.41) is 8.45. The average molecular weight is 272 g/mol. The summed E-state index contributed by atoms with van der Waals surface area (Å²) in [6.07, 6.45) is -0.396. The standard InChI is InChI=1S/C10H13N2O5P/c11-10(12-5-9(13)14)8-3-1-2-7(4-8)6-18(15,16)17/h1-4H,5-6H2,(H2,11,12)(H,13,14)(H2,15,16,17). The summed E-state index contributed by atoms with van der Waals surface area (Å²) < 4.78 is 10.9. The van der Waals surface area contributed by atoms with Gasteiger partial charge in [0.1, 0.15) is 12.4 Å². The van der Waals surface area contributed by atoms with E-state index in [2.05, 4.69) is 4.99 Å². The van der Waals surface area contributed by atoms with Crippen molar-refractivity contribution < 1.29 is 24.3 Å². The zero-order chi connectivity index (χ0) is 13.8. The molecule has 7 nitrogen and oxygen atoms in total. The number of carboxylic acids is 1. The summed E-state index contributed by atoms with van der Waals surface area (Å²) in [5.41, 5.74) is 6.41. The van der Waals surface area contributed by atoms with Crippen molar-refractivity contribution in [2.24, 2.45) is 10.7 Å². The Bertz CT molecular complexity index is 523. The highest BCUT2D eigenvalue weighted by Gasteiger charge is 2.14. The molecule has 0 radical (unpaired) electrons. The van der Waals surface area contributed by atoms with Gasteiger partial charge in [0.05, 0.1) is 6.16 Å². The number of carbonyl (C=O) groups is 1. The van der Waals surface area contributed by atoms with Gasteiger partial charge in [-0.2, -0.15) is 0 Å². The van der Waals surface area contributed by atoms with Crippen LogP contribution in [0.4, 0.5) is 0 Å². The van der Waals surface area contributed by atoms with Crippen molar-refractivity contribution in [3.05, 3.63) is 35.4 Å². The van der Waals surface area contributed by atoms with Crippen LogP contribution < -0.4 is 5.73 Å². The van der Waals surface area contributed by atoms with Gasteiger partial charge >= 0.3 is 13.6 Å². The lowest BCUT2D eigenvalue weighted by molar-refractivity contribution is -0.135. The normalized spacial score (nSPS) is 12.4. The smallest absolute Gasteiger partial charge is 0.329 e. The molecule has 8 heteroatoms. The van der Waals surface area contributed by atoms with Crippen molar-refractivity contribution in [1.82, 2.24) is 0 Å². The predicted octanol–water partition coefficient (Wildman–Crippen LogP) is 0.154. The summed E-state index contributed by atoms with van der Waals surface area (Å²) in [4.78, 5) is 31.7. The Morgan fingerprint density at radius 3 is 2.61 bits per heavy atom. The highest BCUT2D eigenvalue weighted by Crippen LogP contribution is 2.38. The zero-order valence-corrected chi connectivity index (χ0v) is 10.2. The SMILES string of the molecule is NC(=NCC(=O)O)c1cccc(CP(=O)(O)O)c1. The van der Waals surface area contributed by atoms with Crippen LogP contribution in [0.2, 0.25) is 0 Å². The molecule has 18 heavy (non-hydrogen) atoms. The van der Waals surface area contributed by atoms with Crippen LogP contribution in [-0.4, -0.2) is 33.2 Å². The third-order valence-electron chi connectivity index (χ3n) is 2.00. The number of nitrogens with two attached hydrogens (primary N) is 1. The Hall–Kier alpha value is -1.69. The molecule has 0 saturated heterocycles. The molecular formula is C10H13N2O5P. The lowest BCUT2D eigenvalue weighted by Crippen LogP contribution is -2.16. The lowest BCUT2D eigenvalue weighted by atomic mass is 10.1. The van der Waals surface area contributed by atoms with E-state index in [1.807, 2.05) is 0 Å². The molecule has 0 aliphatic carbocycles. The van der Waals surface area contributed by atoms with E-state index in [1.54, 1.807) is 18.2 Å². The van der Waals surface area contributed by atoms with Crippen LogP contribution in [0.3, 0.4) is 0 Å². The monoisotopic (exact) mass is 272 g/mol. The van der Waals surface area contributed by atoms with Crippen molar-refractivity contribution in [2.45, 2.75) is 6.16 Å². The first kappa shape index (κ1) is 14.4. The second kappa shape index (κ2) is 5.77. The van der Waals surface area contributed by atoms with Gasteiger partial charge in [-0.05, 0) is 11.6 Å². The minimum absolute atomic E-state index is 0.0185. The Morgan fingerprint density at radius 1 is 1.39 bits per heavy atom. The van der Waals surface area contributed by atoms with Crippen molar-refractivity contribution in [2.75, 3.05) is 6.54 Å². The molecule has 0 amide bonds. The second-order valence-electron chi connectivity index (χ2n) is 3.62. The summed E-state index contributed by atoms with van der Waals surface area (Å²) in [6.45, 7) is -0.450. The van der Waals surface area contributed by atoms with E-state index in [1.165, 1.54) is 6.07 Å². The van der Waals surface area contributed by atoms with Crippen LogP contribution in [0.1, 0.15) is 11.1 Å². The Kier molecular flexibility index (Phi) is 4.61. The van der Waals surface area contributed by atoms with E-state index in [0.29, 0.717) is 11.1 Å². The van der Waals surface area contributed by atoms with Gasteiger partial charge in [0.2, 0.25) is 0 Å². The van der Waals surface area contributed by atoms with E-state index >= 15 is 0 Å². The number of aliphatic carboxylic acids is 1. The average Bonchev–Trinajstić information content (AvgIpc) is 2.23. The number of carboxylic acid groups (broad SMARTS) is 1. The summed E-state index contributed by atoms with van der Waals surface area (Å²) in [5.74, 6) is -1.09. The first-order valence-electron chi connectivity index (χ1n) is 4.93. The third kappa shape index (κ3) is 5.09. The third-order valence-corrected chi connectivity index (χ3v) is 2.77. The molecule has 1 aromatic rings. The van der Waals surface area contributed by atoms with Crippen molar-refractivity contribution in [3.8, 4) is 0 Å². The minimum Gasteiger partial charge on any atom is -0.480 e. The maximum Gasteiger partial charge on any atom is 0.329 e. The molecule has 1 rings (SSSR count). The maximum atomic E-state index is 10.9. The summed E-state index contributed by atoms with van der Waals surface area (Å²) in [6, 6.07) is 6.18. The molecule has 0 aliphatic heterocycles. The second-order valence-corrected chi connectivity index (χ2v) is 5.26. The van der Waals surface area contributed by atoms with Crippen molar-refractivity contribution >= 4 is 19.4 Å². The first-order valence-corrected chi connectivity index (χ1v) is 6.73. The molecule has 0 fully saturated rings. The Balaban J connectivity index is 2.91. The van der Waals surface area contributed by atoms with Gasteiger partial charge in [0.15, 0.2) is 0 Å². The molecule has 0 spiro atoms. The summed E-state index contributed by atoms with van der Waals surface area (Å²) >= 11 is 0. The number of nitrogens with zero attached hydrogens (tertiary/aromatic N) is 1. The number of amidine groups is 1. The van der Waals surface area contributed by atoms with Gasteiger partial charge in [-0.15, -0.1) is 0 Å². The van der Waals surface area contributed by atoms with Gasteiger partial charge in [-0.3, -0.25) is 14.4 Å². The van der Waals surface area contributed by atoms with Gasteiger partial charge < -0.3 is 20.6 Å². The van der Waals surface area contributed by atoms with E-state index in [4.69, 9.17) is 20.6 Å². The fourth-order valence-corrected chi connectivity index (χ4v) is 1.98. The first-order chi connectivity index (χ1) is 8.28. The van der Waals surface area contributed by atoms with Gasteiger partial charge in [-0.25, -0.2) is 0 Å². The Labute approximate surface area is 103 Å². The Morgan fingerprint density at radius 2 is 2.06 bits per heavy atom. The van der Waals surface area contributed by atoms with Crippen LogP contribution in [0.5, 0.6) is 0 Å². The lowest BCUT2D eigenvalue weighted by Gasteiger charge is -2.06. The van der Waals surface area contributed by atoms with Gasteiger partial charge in [-0.1, -0.05) is 18.2 Å². The van der Waals surface area contributed by atoms with E-state index in [9.17, 15) is 9.36 Å². The molecule has 0 bridgehead atoms. The van der Waals surface area contributed by atoms with E-state index < -0.39 is 26.3 Å². The van der Waals surface area contributed by atoms with Gasteiger partial charge in [0, 0.05) is 5.56 Å². The largest absolute Gasteiger partial charge is 0.480 e. The van der Waals surface area contributed by atoms with Crippen LogP contribution in [0.25, 0.3) is 0 Å². The zero-order valence-electron chi connectivity index (χ0n) is 9.35. The molecule has 0 atom stereocenters. The number of rotatable bonds is 5. The predicted molar refractivity (Wildman–Crippen MR) is 65.4 cm³/mol. The molecule has 0 aromatic heterocycles. The molecule has 5 N–H and O–H groups in total. The molecule has 0 heterocycles. The quantitative estimate of drug-likeness (QED) is 0.342. The van der Waals surface area contributed by atoms with Crippen molar-refractivity contribution in [1.29, 1.82) is 0 Å². The van der Waals surface area contributed by atoms with Crippen molar-refractivity contribution in [3.63, 3.8) is 0 Å². The molecular weight excluding hydrogens is 259 g/mol. The highest BCUT2D eigenvalue weighted by atomic mass is 31.2. The molecule has 98 valence electrons. The van der Waals surface area contributed by atoms with Crippen LogP contribution in [-0.2, 0) is 15.5 Å². The number of benzene rings is 1.